The lowest BCUT2D eigenvalue weighted by atomic mass is 10.0. The minimum Gasteiger partial charge on any atom is -0.304 e. The first-order chi connectivity index (χ1) is 8.31. The molecule has 0 spiro atoms. The molecule has 1 aromatic heterocycles. The lowest BCUT2D eigenvalue weighted by Crippen LogP contribution is -2.23. The van der Waals surface area contributed by atoms with Crippen LogP contribution in [0.25, 0.3) is 0 Å². The summed E-state index contributed by atoms with van der Waals surface area (Å²) in [4.78, 5) is 4.43. The Morgan fingerprint density at radius 3 is 2.94 bits per heavy atom. The third-order valence-electron chi connectivity index (χ3n) is 2.67. The predicted octanol–water partition coefficient (Wildman–Crippen LogP) is 3.54. The normalized spacial score (nSPS) is 12.6. The number of nitrogens with zero attached hydrogens (tertiary/aromatic N) is 1. The Kier molecular flexibility index (Phi) is 4.29. The Balaban J connectivity index is 2.27. The summed E-state index contributed by atoms with van der Waals surface area (Å²) in [5.74, 6) is 0. The van der Waals surface area contributed by atoms with Crippen LogP contribution in [0, 0.1) is 6.92 Å². The van der Waals surface area contributed by atoms with Gasteiger partial charge in [-0.3, -0.25) is 0 Å². The van der Waals surface area contributed by atoms with Crippen LogP contribution < -0.4 is 5.32 Å². The van der Waals surface area contributed by atoms with Gasteiger partial charge in [0.1, 0.15) is 5.01 Å². The molecule has 2 nitrogen and oxygen atoms in total. The second kappa shape index (κ2) is 5.94. The number of nitrogens with one attached hydrogen (secondary N) is 1. The number of benzene rings is 1. The molecule has 90 valence electrons. The second-order valence-corrected chi connectivity index (χ2v) is 5.10. The number of hydrogen-bond acceptors (Lipinski definition) is 3. The molecule has 0 aliphatic heterocycles. The molecule has 1 N–H and O–H groups in total. The fourth-order valence-corrected chi connectivity index (χ4v) is 2.60. The van der Waals surface area contributed by atoms with Gasteiger partial charge in [0.15, 0.2) is 0 Å². The molecule has 1 atom stereocenters. The predicted molar refractivity (Wildman–Crippen MR) is 73.4 cm³/mol. The van der Waals surface area contributed by atoms with Gasteiger partial charge in [0.05, 0.1) is 6.04 Å². The standard InChI is InChI=1S/C14H18N2S/c1-3-7-15-13(14-16-8-9-17-14)12-6-4-5-11(2)10-12/h4-6,8-10,13,15H,3,7H2,1-2H3. The third kappa shape index (κ3) is 3.14. The average molecular weight is 246 g/mol. The summed E-state index contributed by atoms with van der Waals surface area (Å²) in [5, 5.41) is 6.74. The lowest BCUT2D eigenvalue weighted by molar-refractivity contribution is 0.595. The molecule has 3 heteroatoms. The van der Waals surface area contributed by atoms with Crippen molar-refractivity contribution in [2.75, 3.05) is 6.54 Å². The van der Waals surface area contributed by atoms with Crippen molar-refractivity contribution < 1.29 is 0 Å². The topological polar surface area (TPSA) is 24.9 Å². The van der Waals surface area contributed by atoms with Gasteiger partial charge in [0.2, 0.25) is 0 Å². The molecule has 0 amide bonds. The highest BCUT2D eigenvalue weighted by Crippen LogP contribution is 2.24. The Hall–Kier alpha value is -1.19. The van der Waals surface area contributed by atoms with Crippen LogP contribution in [-0.4, -0.2) is 11.5 Å². The molecule has 0 fully saturated rings. The van der Waals surface area contributed by atoms with Crippen molar-refractivity contribution in [3.05, 3.63) is 52.0 Å². The van der Waals surface area contributed by atoms with E-state index in [0.717, 1.165) is 18.0 Å². The SMILES string of the molecule is CCCNC(c1cccc(C)c1)c1nccs1. The van der Waals surface area contributed by atoms with E-state index in [1.54, 1.807) is 11.3 Å². The monoisotopic (exact) mass is 246 g/mol. The molecule has 0 saturated heterocycles. The van der Waals surface area contributed by atoms with Crippen molar-refractivity contribution in [2.24, 2.45) is 0 Å². The van der Waals surface area contributed by atoms with E-state index in [9.17, 15) is 0 Å². The van der Waals surface area contributed by atoms with Gasteiger partial charge in [-0.1, -0.05) is 36.8 Å². The zero-order chi connectivity index (χ0) is 12.1. The summed E-state index contributed by atoms with van der Waals surface area (Å²) < 4.78 is 0. The Bertz CT molecular complexity index is 451. The van der Waals surface area contributed by atoms with Gasteiger partial charge in [-0.05, 0) is 25.5 Å². The number of hydrogen-bond donors (Lipinski definition) is 1. The summed E-state index contributed by atoms with van der Waals surface area (Å²) in [6, 6.07) is 8.87. The largest absolute Gasteiger partial charge is 0.304 e. The number of rotatable bonds is 5. The zero-order valence-corrected chi connectivity index (χ0v) is 11.1. The van der Waals surface area contributed by atoms with Crippen LogP contribution in [0.1, 0.15) is 35.5 Å². The first-order valence-corrected chi connectivity index (χ1v) is 6.88. The van der Waals surface area contributed by atoms with Crippen LogP contribution >= 0.6 is 11.3 Å². The van der Waals surface area contributed by atoms with Gasteiger partial charge in [0.25, 0.3) is 0 Å². The molecule has 1 unspecified atom stereocenters. The van der Waals surface area contributed by atoms with E-state index in [4.69, 9.17) is 0 Å². The maximum atomic E-state index is 4.43. The van der Waals surface area contributed by atoms with E-state index in [-0.39, 0.29) is 6.04 Å². The van der Waals surface area contributed by atoms with Crippen LogP contribution in [0.4, 0.5) is 0 Å². The van der Waals surface area contributed by atoms with Crippen LogP contribution in [0.3, 0.4) is 0 Å². The first kappa shape index (κ1) is 12.3. The summed E-state index contributed by atoms with van der Waals surface area (Å²) in [5.41, 5.74) is 2.59. The Morgan fingerprint density at radius 1 is 1.41 bits per heavy atom. The van der Waals surface area contributed by atoms with Gasteiger partial charge >= 0.3 is 0 Å². The maximum absolute atomic E-state index is 4.43. The highest BCUT2D eigenvalue weighted by Gasteiger charge is 2.15. The first-order valence-electron chi connectivity index (χ1n) is 6.00. The van der Waals surface area contributed by atoms with Crippen molar-refractivity contribution in [1.82, 2.24) is 10.3 Å². The molecule has 0 radical (unpaired) electrons. The van der Waals surface area contributed by atoms with Gasteiger partial charge in [0, 0.05) is 11.6 Å². The molecule has 0 saturated carbocycles. The van der Waals surface area contributed by atoms with Crippen molar-refractivity contribution in [2.45, 2.75) is 26.3 Å². The third-order valence-corrected chi connectivity index (χ3v) is 3.51. The molecule has 17 heavy (non-hydrogen) atoms. The van der Waals surface area contributed by atoms with E-state index in [2.05, 4.69) is 48.4 Å². The molecule has 2 aromatic rings. The zero-order valence-electron chi connectivity index (χ0n) is 10.3. The van der Waals surface area contributed by atoms with E-state index < -0.39 is 0 Å². The van der Waals surface area contributed by atoms with Crippen molar-refractivity contribution in [1.29, 1.82) is 0 Å². The minimum absolute atomic E-state index is 0.231. The fraction of sp³-hybridized carbons (Fsp3) is 0.357. The van der Waals surface area contributed by atoms with Gasteiger partial charge in [-0.25, -0.2) is 4.98 Å². The Morgan fingerprint density at radius 2 is 2.29 bits per heavy atom. The second-order valence-electron chi connectivity index (χ2n) is 4.17. The van der Waals surface area contributed by atoms with E-state index >= 15 is 0 Å². The van der Waals surface area contributed by atoms with Gasteiger partial charge < -0.3 is 5.32 Å². The minimum atomic E-state index is 0.231. The number of aryl methyl sites for hydroxylation is 1. The smallest absolute Gasteiger partial charge is 0.114 e. The molecule has 0 aliphatic rings. The Labute approximate surface area is 107 Å². The summed E-state index contributed by atoms with van der Waals surface area (Å²) >= 11 is 1.71. The van der Waals surface area contributed by atoms with Crippen LogP contribution in [0.5, 0.6) is 0 Å². The average Bonchev–Trinajstić information content (AvgIpc) is 2.83. The maximum Gasteiger partial charge on any atom is 0.114 e. The fourth-order valence-electron chi connectivity index (χ4n) is 1.86. The summed E-state index contributed by atoms with van der Waals surface area (Å²) in [6.07, 6.45) is 3.00. The lowest BCUT2D eigenvalue weighted by Gasteiger charge is -2.17. The van der Waals surface area contributed by atoms with Crippen molar-refractivity contribution >= 4 is 11.3 Å². The van der Waals surface area contributed by atoms with Crippen LogP contribution in [-0.2, 0) is 0 Å². The number of aromatic nitrogens is 1. The van der Waals surface area contributed by atoms with Gasteiger partial charge in [-0.15, -0.1) is 11.3 Å². The highest BCUT2D eigenvalue weighted by molar-refractivity contribution is 7.09. The molecule has 0 aliphatic carbocycles. The molecule has 0 bridgehead atoms. The summed E-state index contributed by atoms with van der Waals surface area (Å²) in [7, 11) is 0. The van der Waals surface area contributed by atoms with Crippen LogP contribution in [0.15, 0.2) is 35.8 Å². The van der Waals surface area contributed by atoms with Crippen LogP contribution in [0.2, 0.25) is 0 Å². The highest BCUT2D eigenvalue weighted by atomic mass is 32.1. The van der Waals surface area contributed by atoms with Gasteiger partial charge in [-0.2, -0.15) is 0 Å². The van der Waals surface area contributed by atoms with Crippen molar-refractivity contribution in [3.63, 3.8) is 0 Å². The summed E-state index contributed by atoms with van der Waals surface area (Å²) in [6.45, 7) is 5.32. The molecule has 1 aromatic carbocycles. The van der Waals surface area contributed by atoms with E-state index in [1.165, 1.54) is 11.1 Å². The van der Waals surface area contributed by atoms with E-state index in [0.29, 0.717) is 0 Å². The quantitative estimate of drug-likeness (QED) is 0.873. The molecular formula is C14H18N2S. The number of thiazole rings is 1. The van der Waals surface area contributed by atoms with Crippen molar-refractivity contribution in [3.8, 4) is 0 Å². The molecular weight excluding hydrogens is 228 g/mol. The molecule has 2 rings (SSSR count). The molecule has 1 heterocycles. The van der Waals surface area contributed by atoms with E-state index in [1.807, 2.05) is 11.6 Å².